The Kier molecular flexibility index (Phi) is 6.26. The summed E-state index contributed by atoms with van der Waals surface area (Å²) < 4.78 is 8.42. The van der Waals surface area contributed by atoms with Crippen molar-refractivity contribution < 1.29 is 9.53 Å². The first kappa shape index (κ1) is 22.3. The first-order valence-electron chi connectivity index (χ1n) is 10.9. The number of rotatable bonds is 7. The molecular formula is C25H27N5O3. The molecule has 2 heterocycles. The number of nitrogens with zero attached hydrogens (tertiary/aromatic N) is 5. The Morgan fingerprint density at radius 2 is 1.91 bits per heavy atom. The average molecular weight is 446 g/mol. The van der Waals surface area contributed by atoms with Crippen LogP contribution < -0.4 is 15.2 Å². The number of benzene rings is 2. The molecule has 8 heteroatoms. The largest absolute Gasteiger partial charge is 0.497 e. The van der Waals surface area contributed by atoms with E-state index in [4.69, 9.17) is 4.74 Å². The highest BCUT2D eigenvalue weighted by Crippen LogP contribution is 2.31. The molecule has 4 rings (SSSR count). The van der Waals surface area contributed by atoms with Crippen LogP contribution in [0.2, 0.25) is 0 Å². The van der Waals surface area contributed by atoms with E-state index in [1.54, 1.807) is 54.3 Å². The van der Waals surface area contributed by atoms with Gasteiger partial charge >= 0.3 is 0 Å². The zero-order chi connectivity index (χ0) is 23.5. The second kappa shape index (κ2) is 9.28. The summed E-state index contributed by atoms with van der Waals surface area (Å²) >= 11 is 0. The molecule has 4 aromatic rings. The number of amides is 1. The van der Waals surface area contributed by atoms with Crippen LogP contribution in [0.4, 0.5) is 5.69 Å². The highest BCUT2D eigenvalue weighted by molar-refractivity contribution is 6.12. The molecule has 0 fully saturated rings. The number of aryl methyl sites for hydroxylation is 2. The summed E-state index contributed by atoms with van der Waals surface area (Å²) in [5.74, 6) is 0.400. The third-order valence-corrected chi connectivity index (χ3v) is 5.66. The van der Waals surface area contributed by atoms with Gasteiger partial charge in [-0.05, 0) is 37.1 Å². The molecule has 2 aromatic carbocycles. The van der Waals surface area contributed by atoms with E-state index in [9.17, 15) is 9.59 Å². The molecular weight excluding hydrogens is 418 g/mol. The van der Waals surface area contributed by atoms with Crippen LogP contribution in [-0.2, 0) is 13.6 Å². The van der Waals surface area contributed by atoms with Crippen LogP contribution in [0.5, 0.6) is 5.75 Å². The number of fused-ring (bicyclic) bond motifs is 1. The quantitative estimate of drug-likeness (QED) is 0.430. The summed E-state index contributed by atoms with van der Waals surface area (Å²) in [7, 11) is 3.41. The van der Waals surface area contributed by atoms with Crippen molar-refractivity contribution in [2.24, 2.45) is 7.05 Å². The molecule has 8 nitrogen and oxygen atoms in total. The molecule has 0 N–H and O–H groups in total. The van der Waals surface area contributed by atoms with E-state index in [1.807, 2.05) is 44.2 Å². The highest BCUT2D eigenvalue weighted by Gasteiger charge is 2.29. The Labute approximate surface area is 192 Å². The first-order chi connectivity index (χ1) is 15.9. The second-order valence-electron chi connectivity index (χ2n) is 7.92. The maximum Gasteiger partial charge on any atom is 0.280 e. The molecule has 0 aliphatic rings. The fraction of sp³-hybridized carbons (Fsp3) is 0.280. The SMILES string of the molecule is CCCn1nc(C(=O)N(c2cnn(C)c2)[C@H](C)c2cccc(OC)c2)c2ccccc2c1=O. The summed E-state index contributed by atoms with van der Waals surface area (Å²) in [5, 5.41) is 9.79. The van der Waals surface area contributed by atoms with Crippen LogP contribution in [0.25, 0.3) is 10.8 Å². The van der Waals surface area contributed by atoms with E-state index in [-0.39, 0.29) is 23.2 Å². The lowest BCUT2D eigenvalue weighted by Gasteiger charge is -2.29. The highest BCUT2D eigenvalue weighted by atomic mass is 16.5. The molecule has 170 valence electrons. The molecule has 1 atom stereocenters. The fourth-order valence-electron chi connectivity index (χ4n) is 3.97. The first-order valence-corrected chi connectivity index (χ1v) is 10.9. The van der Waals surface area contributed by atoms with Crippen molar-refractivity contribution in [2.45, 2.75) is 32.9 Å². The Hall–Kier alpha value is -3.94. The number of aromatic nitrogens is 4. The van der Waals surface area contributed by atoms with Crippen molar-refractivity contribution in [3.05, 3.63) is 82.5 Å². The Bertz CT molecular complexity index is 1360. The molecule has 0 saturated carbocycles. The Morgan fingerprint density at radius 3 is 2.58 bits per heavy atom. The van der Waals surface area contributed by atoms with E-state index in [1.165, 1.54) is 4.68 Å². The Morgan fingerprint density at radius 1 is 1.15 bits per heavy atom. The van der Waals surface area contributed by atoms with Crippen molar-refractivity contribution >= 4 is 22.4 Å². The van der Waals surface area contributed by atoms with Crippen molar-refractivity contribution in [3.8, 4) is 5.75 Å². The van der Waals surface area contributed by atoms with Crippen molar-refractivity contribution in [2.75, 3.05) is 12.0 Å². The van der Waals surface area contributed by atoms with E-state index in [0.717, 1.165) is 12.0 Å². The van der Waals surface area contributed by atoms with Crippen LogP contribution in [-0.4, -0.2) is 32.6 Å². The summed E-state index contributed by atoms with van der Waals surface area (Å²) in [5.41, 5.74) is 1.57. The minimum absolute atomic E-state index is 0.197. The van der Waals surface area contributed by atoms with E-state index < -0.39 is 0 Å². The molecule has 2 aromatic heterocycles. The van der Waals surface area contributed by atoms with Crippen LogP contribution in [0, 0.1) is 0 Å². The van der Waals surface area contributed by atoms with Crippen LogP contribution in [0.3, 0.4) is 0 Å². The molecule has 33 heavy (non-hydrogen) atoms. The minimum atomic E-state index is -0.344. The lowest BCUT2D eigenvalue weighted by atomic mass is 10.0. The summed E-state index contributed by atoms with van der Waals surface area (Å²) in [4.78, 5) is 28.7. The number of ether oxygens (including phenoxy) is 1. The van der Waals surface area contributed by atoms with Crippen molar-refractivity contribution in [3.63, 3.8) is 0 Å². The number of methoxy groups -OCH3 is 1. The number of carbonyl (C=O) groups is 1. The monoisotopic (exact) mass is 445 g/mol. The van der Waals surface area contributed by atoms with Gasteiger partial charge in [0.2, 0.25) is 0 Å². The van der Waals surface area contributed by atoms with Gasteiger partial charge in [-0.2, -0.15) is 10.2 Å². The van der Waals surface area contributed by atoms with Gasteiger partial charge in [-0.3, -0.25) is 19.2 Å². The van der Waals surface area contributed by atoms with Crippen LogP contribution >= 0.6 is 0 Å². The summed E-state index contributed by atoms with van der Waals surface area (Å²) in [6.45, 7) is 4.35. The second-order valence-corrected chi connectivity index (χ2v) is 7.92. The number of hydrogen-bond donors (Lipinski definition) is 0. The summed E-state index contributed by atoms with van der Waals surface area (Å²) in [6, 6.07) is 14.4. The van der Waals surface area contributed by atoms with E-state index in [0.29, 0.717) is 28.8 Å². The maximum atomic E-state index is 14.1. The molecule has 0 radical (unpaired) electrons. The van der Waals surface area contributed by atoms with E-state index >= 15 is 0 Å². The predicted octanol–water partition coefficient (Wildman–Crippen LogP) is 3.96. The average Bonchev–Trinajstić information content (AvgIpc) is 3.26. The smallest absolute Gasteiger partial charge is 0.280 e. The number of carbonyl (C=O) groups excluding carboxylic acids is 1. The number of hydrogen-bond acceptors (Lipinski definition) is 5. The zero-order valence-electron chi connectivity index (χ0n) is 19.2. The van der Waals surface area contributed by atoms with Gasteiger partial charge in [0, 0.05) is 25.2 Å². The van der Waals surface area contributed by atoms with Gasteiger partial charge in [-0.1, -0.05) is 37.3 Å². The Balaban J connectivity index is 1.90. The van der Waals surface area contributed by atoms with Gasteiger partial charge in [0.25, 0.3) is 11.5 Å². The fourth-order valence-corrected chi connectivity index (χ4v) is 3.97. The van der Waals surface area contributed by atoms with Gasteiger partial charge in [0.1, 0.15) is 5.75 Å². The van der Waals surface area contributed by atoms with Gasteiger partial charge in [-0.15, -0.1) is 0 Å². The minimum Gasteiger partial charge on any atom is -0.497 e. The van der Waals surface area contributed by atoms with Gasteiger partial charge in [0.15, 0.2) is 5.69 Å². The van der Waals surface area contributed by atoms with Crippen LogP contribution in [0.15, 0.2) is 65.7 Å². The maximum absolute atomic E-state index is 14.1. The molecule has 0 bridgehead atoms. The standard InChI is InChI=1S/C25H27N5O3/c1-5-13-29-24(31)22-12-7-6-11-21(22)23(27-29)25(32)30(19-15-26-28(3)16-19)17(2)18-9-8-10-20(14-18)33-4/h6-12,14-17H,5,13H2,1-4H3/t17-/m1/s1. The molecule has 0 saturated heterocycles. The summed E-state index contributed by atoms with van der Waals surface area (Å²) in [6.07, 6.45) is 4.17. The normalized spacial score (nSPS) is 12.0. The molecule has 0 spiro atoms. The van der Waals surface area contributed by atoms with Gasteiger partial charge in [-0.25, -0.2) is 4.68 Å². The van der Waals surface area contributed by atoms with Crippen molar-refractivity contribution in [1.29, 1.82) is 0 Å². The molecule has 0 unspecified atom stereocenters. The number of anilines is 1. The van der Waals surface area contributed by atoms with Crippen LogP contribution in [0.1, 0.15) is 42.4 Å². The van der Waals surface area contributed by atoms with Gasteiger partial charge < -0.3 is 4.74 Å². The molecule has 0 aliphatic carbocycles. The topological polar surface area (TPSA) is 82.2 Å². The lowest BCUT2D eigenvalue weighted by molar-refractivity contribution is 0.0972. The van der Waals surface area contributed by atoms with E-state index in [2.05, 4.69) is 10.2 Å². The third kappa shape index (κ3) is 4.24. The van der Waals surface area contributed by atoms with Gasteiger partial charge in [0.05, 0.1) is 30.4 Å². The molecule has 1 amide bonds. The third-order valence-electron chi connectivity index (χ3n) is 5.66. The zero-order valence-corrected chi connectivity index (χ0v) is 19.2. The molecule has 0 aliphatic heterocycles. The van der Waals surface area contributed by atoms with Crippen molar-refractivity contribution in [1.82, 2.24) is 19.6 Å². The lowest BCUT2D eigenvalue weighted by Crippen LogP contribution is -2.36. The predicted molar refractivity (Wildman–Crippen MR) is 128 cm³/mol.